The second kappa shape index (κ2) is 11.2. The molecule has 2 heteroatoms. The van der Waals surface area contributed by atoms with E-state index in [-0.39, 0.29) is 0 Å². The van der Waals surface area contributed by atoms with Crippen LogP contribution in [0.5, 0.6) is 0 Å². The molecule has 12 rings (SSSR count). The fourth-order valence-electron chi connectivity index (χ4n) is 9.40. The largest absolute Gasteiger partial charge is 0.309 e. The molecule has 0 aliphatic carbocycles. The summed E-state index contributed by atoms with van der Waals surface area (Å²) in [6.07, 6.45) is 0. The maximum absolute atomic E-state index is 2.46. The van der Waals surface area contributed by atoms with Gasteiger partial charge < -0.3 is 9.13 Å². The molecule has 0 unspecified atom stereocenters. The van der Waals surface area contributed by atoms with Gasteiger partial charge in [0.05, 0.1) is 22.1 Å². The molecule has 250 valence electrons. The molecule has 0 radical (unpaired) electrons. The maximum atomic E-state index is 2.46. The highest BCUT2D eigenvalue weighted by Gasteiger charge is 2.20. The lowest BCUT2D eigenvalue weighted by Gasteiger charge is -2.14. The van der Waals surface area contributed by atoms with E-state index >= 15 is 0 Å². The van der Waals surface area contributed by atoms with Gasteiger partial charge in [0.2, 0.25) is 0 Å². The normalized spacial score (nSPS) is 12.1. The molecule has 0 aliphatic rings. The summed E-state index contributed by atoms with van der Waals surface area (Å²) < 4.78 is 4.92. The van der Waals surface area contributed by atoms with Crippen LogP contribution in [0.1, 0.15) is 0 Å². The average Bonchev–Trinajstić information content (AvgIpc) is 3.79. The minimum atomic E-state index is 1.16. The lowest BCUT2D eigenvalue weighted by atomic mass is 9.97. The first-order valence-corrected chi connectivity index (χ1v) is 18.7. The molecule has 0 fully saturated rings. The highest BCUT2D eigenvalue weighted by Crippen LogP contribution is 2.44. The van der Waals surface area contributed by atoms with Crippen LogP contribution < -0.4 is 0 Å². The number of hydrogen-bond acceptors (Lipinski definition) is 0. The fraction of sp³-hybridized carbons (Fsp3) is 0. The Morgan fingerprint density at radius 1 is 0.222 bits per heavy atom. The van der Waals surface area contributed by atoms with Crippen LogP contribution in [0.3, 0.4) is 0 Å². The Hall–Kier alpha value is -7.16. The van der Waals surface area contributed by atoms with E-state index in [1.165, 1.54) is 97.8 Å². The van der Waals surface area contributed by atoms with Gasteiger partial charge >= 0.3 is 0 Å². The Balaban J connectivity index is 1.02. The van der Waals surface area contributed by atoms with Crippen LogP contribution in [0.25, 0.3) is 109 Å². The van der Waals surface area contributed by atoms with Gasteiger partial charge in [-0.05, 0) is 79.8 Å². The second-order valence-corrected chi connectivity index (χ2v) is 14.4. The molecule has 0 spiro atoms. The van der Waals surface area contributed by atoms with E-state index in [2.05, 4.69) is 203 Å². The Labute approximate surface area is 311 Å². The van der Waals surface area contributed by atoms with Crippen LogP contribution in [-0.2, 0) is 0 Å². The summed E-state index contributed by atoms with van der Waals surface area (Å²) in [4.78, 5) is 0. The summed E-state index contributed by atoms with van der Waals surface area (Å²) in [6.45, 7) is 0. The predicted molar refractivity (Wildman–Crippen MR) is 231 cm³/mol. The third-order valence-electron chi connectivity index (χ3n) is 11.7. The number of fused-ring (bicyclic) bond motifs is 16. The van der Waals surface area contributed by atoms with Crippen LogP contribution in [0.4, 0.5) is 0 Å². The molecular weight excluding hydrogens is 653 g/mol. The lowest BCUT2D eigenvalue weighted by Crippen LogP contribution is -1.96. The van der Waals surface area contributed by atoms with Crippen molar-refractivity contribution >= 4 is 86.7 Å². The molecule has 2 heterocycles. The van der Waals surface area contributed by atoms with Gasteiger partial charge in [-0.1, -0.05) is 158 Å². The SMILES string of the molecule is c1ccc2c(c1)c1ccccc1c1c2c2ccccc2n1-c1ccc(-c2ccc(-n3c4ccccc4c4c5ccccc5c5ccccc5c43)cc2)cc1. The fourth-order valence-corrected chi connectivity index (χ4v) is 9.40. The average molecular weight is 685 g/mol. The zero-order valence-electron chi connectivity index (χ0n) is 29.4. The summed E-state index contributed by atoms with van der Waals surface area (Å²) in [5.41, 5.74) is 9.66. The lowest BCUT2D eigenvalue weighted by molar-refractivity contribution is 1.18. The Morgan fingerprint density at radius 3 is 0.870 bits per heavy atom. The number of hydrogen-bond donors (Lipinski definition) is 0. The highest BCUT2D eigenvalue weighted by atomic mass is 15.0. The number of rotatable bonds is 3. The molecule has 0 atom stereocenters. The predicted octanol–water partition coefficient (Wildman–Crippen LogP) is 14.2. The minimum absolute atomic E-state index is 1.16. The van der Waals surface area contributed by atoms with Crippen molar-refractivity contribution in [2.45, 2.75) is 0 Å². The second-order valence-electron chi connectivity index (χ2n) is 14.4. The van der Waals surface area contributed by atoms with E-state index in [9.17, 15) is 0 Å². The number of aromatic nitrogens is 2. The van der Waals surface area contributed by atoms with Crippen molar-refractivity contribution in [2.75, 3.05) is 0 Å². The topological polar surface area (TPSA) is 9.86 Å². The third kappa shape index (κ3) is 4.00. The Kier molecular flexibility index (Phi) is 6.09. The summed E-state index contributed by atoms with van der Waals surface area (Å²) in [5.74, 6) is 0. The van der Waals surface area contributed by atoms with Crippen LogP contribution in [0.15, 0.2) is 194 Å². The van der Waals surface area contributed by atoms with Crippen molar-refractivity contribution in [2.24, 2.45) is 0 Å². The van der Waals surface area contributed by atoms with Crippen LogP contribution >= 0.6 is 0 Å². The number of para-hydroxylation sites is 2. The molecule has 0 aliphatic heterocycles. The summed E-state index contributed by atoms with van der Waals surface area (Å²) >= 11 is 0. The van der Waals surface area contributed by atoms with Crippen molar-refractivity contribution in [1.82, 2.24) is 9.13 Å². The summed E-state index contributed by atoms with van der Waals surface area (Å²) in [5, 5.41) is 15.5. The summed E-state index contributed by atoms with van der Waals surface area (Å²) in [7, 11) is 0. The van der Waals surface area contributed by atoms with E-state index < -0.39 is 0 Å². The molecule has 10 aromatic carbocycles. The molecule has 0 bridgehead atoms. The first-order valence-electron chi connectivity index (χ1n) is 18.7. The molecule has 0 N–H and O–H groups in total. The number of nitrogens with zero attached hydrogens (tertiary/aromatic N) is 2. The van der Waals surface area contributed by atoms with E-state index in [4.69, 9.17) is 0 Å². The molecule has 2 nitrogen and oxygen atoms in total. The third-order valence-corrected chi connectivity index (χ3v) is 11.7. The first kappa shape index (κ1) is 29.4. The van der Waals surface area contributed by atoms with E-state index in [1.807, 2.05) is 0 Å². The van der Waals surface area contributed by atoms with Gasteiger partial charge in [-0.3, -0.25) is 0 Å². The van der Waals surface area contributed by atoms with Crippen molar-refractivity contribution in [3.63, 3.8) is 0 Å². The Morgan fingerprint density at radius 2 is 0.500 bits per heavy atom. The summed E-state index contributed by atoms with van der Waals surface area (Å²) in [6, 6.07) is 71.3. The van der Waals surface area contributed by atoms with Crippen LogP contribution in [0, 0.1) is 0 Å². The van der Waals surface area contributed by atoms with Gasteiger partial charge in [0.15, 0.2) is 0 Å². The molecule has 0 saturated heterocycles. The van der Waals surface area contributed by atoms with Crippen molar-refractivity contribution < 1.29 is 0 Å². The molecule has 2 aromatic heterocycles. The molecule has 12 aromatic rings. The van der Waals surface area contributed by atoms with Crippen LogP contribution in [-0.4, -0.2) is 9.13 Å². The molecule has 54 heavy (non-hydrogen) atoms. The zero-order valence-corrected chi connectivity index (χ0v) is 29.4. The molecule has 0 amide bonds. The van der Waals surface area contributed by atoms with Gasteiger partial charge in [-0.25, -0.2) is 0 Å². The van der Waals surface area contributed by atoms with Gasteiger partial charge in [-0.15, -0.1) is 0 Å². The van der Waals surface area contributed by atoms with Crippen LogP contribution in [0.2, 0.25) is 0 Å². The van der Waals surface area contributed by atoms with Crippen molar-refractivity contribution in [3.05, 3.63) is 194 Å². The number of benzene rings is 10. The van der Waals surface area contributed by atoms with Crippen molar-refractivity contribution in [1.29, 1.82) is 0 Å². The first-order chi connectivity index (χ1) is 26.8. The van der Waals surface area contributed by atoms with E-state index in [0.717, 1.165) is 11.4 Å². The minimum Gasteiger partial charge on any atom is -0.309 e. The van der Waals surface area contributed by atoms with Gasteiger partial charge in [0.1, 0.15) is 0 Å². The molecular formula is C52H32N2. The maximum Gasteiger partial charge on any atom is 0.0625 e. The van der Waals surface area contributed by atoms with Crippen molar-refractivity contribution in [3.8, 4) is 22.5 Å². The highest BCUT2D eigenvalue weighted by molar-refractivity contribution is 6.33. The van der Waals surface area contributed by atoms with E-state index in [1.54, 1.807) is 0 Å². The van der Waals surface area contributed by atoms with Gasteiger partial charge in [-0.2, -0.15) is 0 Å². The molecule has 0 saturated carbocycles. The quantitative estimate of drug-likeness (QED) is 0.164. The smallest absolute Gasteiger partial charge is 0.0625 e. The van der Waals surface area contributed by atoms with E-state index in [0.29, 0.717) is 0 Å². The zero-order chi connectivity index (χ0) is 35.3. The van der Waals surface area contributed by atoms with Gasteiger partial charge in [0.25, 0.3) is 0 Å². The van der Waals surface area contributed by atoms with Gasteiger partial charge in [0, 0.05) is 43.7 Å². The Bertz CT molecular complexity index is 3240. The monoisotopic (exact) mass is 684 g/mol. The standard InChI is InChI=1S/C52H32N2/c1-5-17-41-37(13-1)39-15-3-7-19-43(39)51-49(41)45-21-9-11-23-47(45)53(51)35-29-25-33(26-30-35)34-27-31-36(32-28-34)54-48-24-12-10-22-46(48)50-42-18-6-2-14-38(42)40-16-4-8-20-44(40)52(50)54/h1-32H.